The second-order valence-electron chi connectivity index (χ2n) is 9.07. The van der Waals surface area contributed by atoms with Gasteiger partial charge < -0.3 is 19.5 Å². The zero-order valence-electron chi connectivity index (χ0n) is 18.4. The van der Waals surface area contributed by atoms with E-state index in [2.05, 4.69) is 72.1 Å². The lowest BCUT2D eigenvalue weighted by Crippen LogP contribution is -2.29. The number of ether oxygens (including phenoxy) is 3. The second kappa shape index (κ2) is 8.18. The van der Waals surface area contributed by atoms with E-state index in [0.717, 1.165) is 37.4 Å². The molecule has 4 atom stereocenters. The number of rotatable bonds is 5. The lowest BCUT2D eigenvalue weighted by atomic mass is 9.76. The van der Waals surface area contributed by atoms with Crippen LogP contribution >= 0.6 is 0 Å². The molecular weight excluding hydrogens is 398 g/mol. The van der Waals surface area contributed by atoms with Gasteiger partial charge in [0, 0.05) is 23.8 Å². The van der Waals surface area contributed by atoms with Crippen molar-refractivity contribution in [3.05, 3.63) is 77.9 Å². The van der Waals surface area contributed by atoms with Crippen molar-refractivity contribution in [2.45, 2.75) is 37.3 Å². The number of fused-ring (bicyclic) bond motifs is 4. The minimum Gasteiger partial charge on any atom is -0.496 e. The van der Waals surface area contributed by atoms with Crippen LogP contribution in [0.25, 0.3) is 10.8 Å². The molecule has 4 unspecified atom stereocenters. The summed E-state index contributed by atoms with van der Waals surface area (Å²) in [5.74, 6) is 2.69. The Bertz CT molecular complexity index is 1160. The van der Waals surface area contributed by atoms with E-state index in [0.29, 0.717) is 18.4 Å². The van der Waals surface area contributed by atoms with E-state index in [1.54, 1.807) is 7.11 Å². The second-order valence-corrected chi connectivity index (χ2v) is 9.07. The quantitative estimate of drug-likeness (QED) is 0.490. The summed E-state index contributed by atoms with van der Waals surface area (Å²) < 4.78 is 17.7. The summed E-state index contributed by atoms with van der Waals surface area (Å²) in [6.07, 6.45) is 8.21. The smallest absolute Gasteiger partial charge is 0.124 e. The van der Waals surface area contributed by atoms with Gasteiger partial charge in [0.15, 0.2) is 0 Å². The molecule has 1 fully saturated rings. The third-order valence-electron chi connectivity index (χ3n) is 7.26. The molecule has 32 heavy (non-hydrogen) atoms. The first-order valence-corrected chi connectivity index (χ1v) is 11.7. The van der Waals surface area contributed by atoms with Gasteiger partial charge in [-0.25, -0.2) is 0 Å². The van der Waals surface area contributed by atoms with Crippen molar-refractivity contribution in [3.8, 4) is 11.5 Å². The summed E-state index contributed by atoms with van der Waals surface area (Å²) >= 11 is 0. The van der Waals surface area contributed by atoms with Crippen LogP contribution in [0.2, 0.25) is 0 Å². The van der Waals surface area contributed by atoms with Crippen molar-refractivity contribution in [2.24, 2.45) is 5.92 Å². The number of nitrogens with one attached hydrogen (secondary N) is 1. The average molecular weight is 428 g/mol. The van der Waals surface area contributed by atoms with E-state index in [1.165, 1.54) is 27.6 Å². The third kappa shape index (κ3) is 3.34. The molecule has 4 nitrogen and oxygen atoms in total. The minimum absolute atomic E-state index is 0.183. The maximum atomic E-state index is 6.11. The average Bonchev–Trinajstić information content (AvgIpc) is 3.54. The highest BCUT2D eigenvalue weighted by Gasteiger charge is 2.39. The molecule has 0 spiro atoms. The fourth-order valence-electron chi connectivity index (χ4n) is 5.69. The lowest BCUT2D eigenvalue weighted by molar-refractivity contribution is 0.0679. The zero-order chi connectivity index (χ0) is 21.5. The Morgan fingerprint density at radius 1 is 1.09 bits per heavy atom. The maximum Gasteiger partial charge on any atom is 0.124 e. The summed E-state index contributed by atoms with van der Waals surface area (Å²) in [6, 6.07) is 19.5. The van der Waals surface area contributed by atoms with Crippen LogP contribution in [-0.2, 0) is 4.74 Å². The van der Waals surface area contributed by atoms with E-state index in [-0.39, 0.29) is 12.1 Å². The predicted molar refractivity (Wildman–Crippen MR) is 128 cm³/mol. The van der Waals surface area contributed by atoms with Gasteiger partial charge in [-0.3, -0.25) is 0 Å². The van der Waals surface area contributed by atoms with Gasteiger partial charge in [0.1, 0.15) is 18.1 Å². The van der Waals surface area contributed by atoms with Crippen LogP contribution in [0.3, 0.4) is 0 Å². The van der Waals surface area contributed by atoms with Crippen LogP contribution in [0, 0.1) is 5.92 Å². The van der Waals surface area contributed by atoms with Crippen molar-refractivity contribution in [1.82, 2.24) is 0 Å². The first kappa shape index (κ1) is 19.7. The minimum atomic E-state index is 0.183. The van der Waals surface area contributed by atoms with Crippen molar-refractivity contribution < 1.29 is 14.2 Å². The van der Waals surface area contributed by atoms with Gasteiger partial charge in [-0.15, -0.1) is 0 Å². The number of benzene rings is 3. The van der Waals surface area contributed by atoms with Crippen LogP contribution in [0.15, 0.2) is 66.7 Å². The molecule has 164 valence electrons. The largest absolute Gasteiger partial charge is 0.496 e. The van der Waals surface area contributed by atoms with Gasteiger partial charge in [0.05, 0.1) is 19.3 Å². The molecule has 3 aliphatic rings. The Kier molecular flexibility index (Phi) is 5.03. The Morgan fingerprint density at radius 3 is 2.91 bits per heavy atom. The number of allylic oxidation sites excluding steroid dienone is 2. The first-order chi connectivity index (χ1) is 15.8. The molecule has 1 N–H and O–H groups in total. The van der Waals surface area contributed by atoms with Gasteiger partial charge in [0.25, 0.3) is 0 Å². The van der Waals surface area contributed by atoms with Crippen LogP contribution < -0.4 is 14.8 Å². The Morgan fingerprint density at radius 2 is 2.03 bits per heavy atom. The molecule has 0 saturated carbocycles. The lowest BCUT2D eigenvalue weighted by Gasteiger charge is -2.38. The van der Waals surface area contributed by atoms with Gasteiger partial charge >= 0.3 is 0 Å². The molecule has 0 radical (unpaired) electrons. The van der Waals surface area contributed by atoms with Crippen LogP contribution in [0.4, 0.5) is 5.69 Å². The normalized spacial score (nSPS) is 25.9. The van der Waals surface area contributed by atoms with Crippen molar-refractivity contribution >= 4 is 16.5 Å². The molecule has 4 heteroatoms. The third-order valence-corrected chi connectivity index (χ3v) is 7.26. The molecule has 2 aliphatic heterocycles. The number of methoxy groups -OCH3 is 1. The molecule has 0 bridgehead atoms. The highest BCUT2D eigenvalue weighted by atomic mass is 16.5. The highest BCUT2D eigenvalue weighted by molar-refractivity contribution is 5.89. The zero-order valence-corrected chi connectivity index (χ0v) is 18.4. The number of hydrogen-bond acceptors (Lipinski definition) is 4. The van der Waals surface area contributed by atoms with Gasteiger partial charge in [0.2, 0.25) is 0 Å². The Hall–Kier alpha value is -2.98. The summed E-state index contributed by atoms with van der Waals surface area (Å²) in [4.78, 5) is 0. The van der Waals surface area contributed by atoms with Crippen LogP contribution in [0.1, 0.15) is 42.3 Å². The summed E-state index contributed by atoms with van der Waals surface area (Å²) in [5, 5.41) is 6.38. The number of hydrogen-bond donors (Lipinski definition) is 1. The fourth-order valence-corrected chi connectivity index (χ4v) is 5.69. The maximum absolute atomic E-state index is 6.11. The molecule has 1 aliphatic carbocycles. The Labute approximate surface area is 189 Å². The van der Waals surface area contributed by atoms with E-state index in [1.807, 2.05) is 0 Å². The molecule has 6 rings (SSSR count). The summed E-state index contributed by atoms with van der Waals surface area (Å²) in [5.41, 5.74) is 3.76. The molecule has 0 amide bonds. The summed E-state index contributed by atoms with van der Waals surface area (Å²) in [6.45, 7) is 1.49. The van der Waals surface area contributed by atoms with Gasteiger partial charge in [-0.05, 0) is 65.8 Å². The Balaban J connectivity index is 1.36. The molecule has 1 saturated heterocycles. The summed E-state index contributed by atoms with van der Waals surface area (Å²) in [7, 11) is 1.77. The van der Waals surface area contributed by atoms with E-state index >= 15 is 0 Å². The first-order valence-electron chi connectivity index (χ1n) is 11.7. The predicted octanol–water partition coefficient (Wildman–Crippen LogP) is 6.23. The molecule has 2 heterocycles. The molecular formula is C28H29NO3. The standard InChI is InChI=1S/C28H29NO3/c1-30-26-14-11-18-6-2-3-8-21(18)27(26)28-23-10-4-9-22(23)24-16-19(12-13-25(24)29-28)32-17-20-7-5-15-31-20/h2-4,6,8-9,11-14,16,20,22-23,28-29H,5,7,10,15,17H2,1H3. The van der Waals surface area contributed by atoms with Crippen molar-refractivity contribution in [1.29, 1.82) is 0 Å². The van der Waals surface area contributed by atoms with Crippen LogP contribution in [-0.4, -0.2) is 26.4 Å². The molecule has 3 aromatic carbocycles. The van der Waals surface area contributed by atoms with Crippen LogP contribution in [0.5, 0.6) is 11.5 Å². The van der Waals surface area contributed by atoms with Crippen molar-refractivity contribution in [3.63, 3.8) is 0 Å². The highest BCUT2D eigenvalue weighted by Crippen LogP contribution is 2.53. The van der Waals surface area contributed by atoms with E-state index in [9.17, 15) is 0 Å². The monoisotopic (exact) mass is 427 g/mol. The van der Waals surface area contributed by atoms with Gasteiger partial charge in [-0.2, -0.15) is 0 Å². The molecule has 3 aromatic rings. The molecule has 0 aromatic heterocycles. The topological polar surface area (TPSA) is 39.7 Å². The van der Waals surface area contributed by atoms with E-state index < -0.39 is 0 Å². The number of anilines is 1. The van der Waals surface area contributed by atoms with Crippen molar-refractivity contribution in [2.75, 3.05) is 25.6 Å². The SMILES string of the molecule is COc1ccc2ccccc2c1C1Nc2ccc(OCC3CCCO3)cc2C2C=CCC21. The van der Waals surface area contributed by atoms with Gasteiger partial charge in [-0.1, -0.05) is 42.5 Å². The fraction of sp³-hybridized carbons (Fsp3) is 0.357. The van der Waals surface area contributed by atoms with E-state index in [4.69, 9.17) is 14.2 Å².